The molecule has 0 radical (unpaired) electrons. The summed E-state index contributed by atoms with van der Waals surface area (Å²) in [7, 11) is 0. The normalized spacial score (nSPS) is 31.2. The van der Waals surface area contributed by atoms with Crippen molar-refractivity contribution in [1.82, 2.24) is 0 Å². The molecule has 1 unspecified atom stereocenters. The average molecular weight is 585 g/mol. The fourth-order valence-corrected chi connectivity index (χ4v) is 7.77. The van der Waals surface area contributed by atoms with Crippen LogP contribution >= 0.6 is 0 Å². The number of phenols is 1. The summed E-state index contributed by atoms with van der Waals surface area (Å²) >= 11 is 0. The smallest absolute Gasteiger partial charge is 0.209 e. The van der Waals surface area contributed by atoms with E-state index in [1.807, 2.05) is 31.2 Å². The molecule has 2 aromatic rings. The number of phenolic OH excluding ortho intramolecular Hbond substituents is 1. The molecule has 0 fully saturated rings. The highest BCUT2D eigenvalue weighted by atomic mass is 16.4. The number of aromatic hydroxyl groups is 1. The first kappa shape index (κ1) is 30.2. The molecule has 8 nitrogen and oxygen atoms in total. The lowest BCUT2D eigenvalue weighted by Gasteiger charge is -2.62. The first-order valence-corrected chi connectivity index (χ1v) is 14.2. The first-order valence-electron chi connectivity index (χ1n) is 14.2. The topological polar surface area (TPSA) is 152 Å². The zero-order chi connectivity index (χ0) is 32.0. The van der Waals surface area contributed by atoms with Gasteiger partial charge in [-0.05, 0) is 61.1 Å². The maximum atomic E-state index is 14.2. The van der Waals surface area contributed by atoms with Crippen molar-refractivity contribution in [1.29, 1.82) is 0 Å². The number of carbonyl (C=O) groups excluding carboxylic acids is 3. The van der Waals surface area contributed by atoms with Crippen molar-refractivity contribution in [2.75, 3.05) is 0 Å². The summed E-state index contributed by atoms with van der Waals surface area (Å²) in [5.41, 5.74) is -5.12. The quantitative estimate of drug-likeness (QED) is 0.302. The fourth-order valence-electron chi connectivity index (χ4n) is 7.77. The number of carbonyl (C=O) groups is 3. The number of allylic oxidation sites excluding steroid dienone is 2. The van der Waals surface area contributed by atoms with Crippen LogP contribution in [0.4, 0.5) is 0 Å². The Hall–Kier alpha value is -4.27. The number of ketones is 3. The Morgan fingerprint density at radius 2 is 1.65 bits per heavy atom. The van der Waals surface area contributed by atoms with Gasteiger partial charge in [-0.2, -0.15) is 0 Å². The number of hydrogen-bond donors (Lipinski definition) is 5. The third-order valence-electron chi connectivity index (χ3n) is 9.80. The van der Waals surface area contributed by atoms with Crippen LogP contribution in [0, 0.1) is 22.7 Å². The standard InChI is InChI=1S/C35H36O8/c1-16(2)20-11-8-10-19(14-20)15-22-21-12-9-13-23(37)25(21)29(39)27-31(41)35(43)30(40)24(18(5)36)28(38)26(17(3)4)34(35,7)32(42)33(22,27)6/h8-15,17,26,32,37-38,41-43H,1H2,2-7H3/b22-15+/t26?,32-,33+,34+,35+/m1/s1. The van der Waals surface area contributed by atoms with E-state index in [0.717, 1.165) is 18.1 Å². The van der Waals surface area contributed by atoms with E-state index in [0.29, 0.717) is 16.7 Å². The van der Waals surface area contributed by atoms with E-state index in [1.54, 1.807) is 32.1 Å². The number of Topliss-reactive ketones (excluding diaryl/α,β-unsaturated/α-hetero) is 3. The second kappa shape index (κ2) is 9.62. The Balaban J connectivity index is 1.96. The highest BCUT2D eigenvalue weighted by molar-refractivity contribution is 6.26. The summed E-state index contributed by atoms with van der Waals surface area (Å²) in [5.74, 6) is -6.74. The molecule has 0 amide bonds. The van der Waals surface area contributed by atoms with Crippen LogP contribution in [0.25, 0.3) is 17.2 Å². The van der Waals surface area contributed by atoms with E-state index in [1.165, 1.54) is 19.9 Å². The van der Waals surface area contributed by atoms with Crippen LogP contribution in [-0.2, 0) is 9.59 Å². The Bertz CT molecular complexity index is 1740. The Morgan fingerprint density at radius 3 is 2.23 bits per heavy atom. The van der Waals surface area contributed by atoms with Gasteiger partial charge >= 0.3 is 0 Å². The van der Waals surface area contributed by atoms with E-state index in [4.69, 9.17) is 0 Å². The third-order valence-corrected chi connectivity index (χ3v) is 9.80. The maximum Gasteiger partial charge on any atom is 0.209 e. The van der Waals surface area contributed by atoms with Crippen LogP contribution in [0.5, 0.6) is 5.75 Å². The van der Waals surface area contributed by atoms with Gasteiger partial charge in [-0.15, -0.1) is 0 Å². The number of hydrogen-bond acceptors (Lipinski definition) is 8. The third kappa shape index (κ3) is 3.66. The minimum Gasteiger partial charge on any atom is -0.511 e. The molecule has 3 aliphatic carbocycles. The maximum absolute atomic E-state index is 14.2. The van der Waals surface area contributed by atoms with Crippen molar-refractivity contribution < 1.29 is 39.9 Å². The highest BCUT2D eigenvalue weighted by Crippen LogP contribution is 2.67. The average Bonchev–Trinajstić information content (AvgIpc) is 2.92. The summed E-state index contributed by atoms with van der Waals surface area (Å²) in [5, 5.41) is 59.1. The van der Waals surface area contributed by atoms with Crippen molar-refractivity contribution >= 4 is 34.6 Å². The lowest BCUT2D eigenvalue weighted by atomic mass is 9.42. The van der Waals surface area contributed by atoms with Crippen molar-refractivity contribution in [3.05, 3.63) is 94.0 Å². The molecule has 0 heterocycles. The van der Waals surface area contributed by atoms with E-state index in [2.05, 4.69) is 6.58 Å². The van der Waals surface area contributed by atoms with Crippen molar-refractivity contribution in [3.8, 4) is 5.75 Å². The molecule has 0 aliphatic heterocycles. The zero-order valence-corrected chi connectivity index (χ0v) is 25.0. The predicted molar refractivity (Wildman–Crippen MR) is 162 cm³/mol. The van der Waals surface area contributed by atoms with Crippen LogP contribution in [0.1, 0.15) is 68.6 Å². The number of rotatable bonds is 4. The summed E-state index contributed by atoms with van der Waals surface area (Å²) in [4.78, 5) is 40.8. The Morgan fingerprint density at radius 1 is 1.02 bits per heavy atom. The van der Waals surface area contributed by atoms with Crippen molar-refractivity contribution in [2.45, 2.75) is 53.2 Å². The van der Waals surface area contributed by atoms with Gasteiger partial charge in [-0.25, -0.2) is 0 Å². The largest absolute Gasteiger partial charge is 0.511 e. The number of aliphatic hydroxyl groups excluding tert-OH is 3. The summed E-state index contributed by atoms with van der Waals surface area (Å²) < 4.78 is 0. The van der Waals surface area contributed by atoms with Crippen LogP contribution in [0.15, 0.2) is 71.7 Å². The Labute approximate surface area is 250 Å². The number of benzene rings is 2. The van der Waals surface area contributed by atoms with Gasteiger partial charge in [0.2, 0.25) is 5.78 Å². The van der Waals surface area contributed by atoms with Gasteiger partial charge in [-0.3, -0.25) is 14.4 Å². The van der Waals surface area contributed by atoms with Crippen LogP contribution in [0.3, 0.4) is 0 Å². The molecule has 0 spiro atoms. The minimum absolute atomic E-state index is 0.169. The van der Waals surface area contributed by atoms with Crippen molar-refractivity contribution in [3.63, 3.8) is 0 Å². The second-order valence-electron chi connectivity index (χ2n) is 12.7. The van der Waals surface area contributed by atoms with Crippen LogP contribution < -0.4 is 0 Å². The van der Waals surface area contributed by atoms with Gasteiger partial charge in [-0.1, -0.05) is 69.3 Å². The molecular formula is C35H36O8. The number of aliphatic hydroxyl groups is 4. The molecule has 2 aromatic carbocycles. The summed E-state index contributed by atoms with van der Waals surface area (Å²) in [6.45, 7) is 13.2. The van der Waals surface area contributed by atoms with E-state index >= 15 is 0 Å². The molecule has 0 saturated heterocycles. The van der Waals surface area contributed by atoms with Gasteiger partial charge in [0, 0.05) is 11.3 Å². The van der Waals surface area contributed by atoms with Crippen LogP contribution in [-0.4, -0.2) is 54.6 Å². The second-order valence-corrected chi connectivity index (χ2v) is 12.7. The molecule has 5 atom stereocenters. The van der Waals surface area contributed by atoms with Crippen molar-refractivity contribution in [2.24, 2.45) is 22.7 Å². The van der Waals surface area contributed by atoms with E-state index in [-0.39, 0.29) is 5.56 Å². The fraction of sp³-hybridized carbons (Fsp3) is 0.343. The minimum atomic E-state index is -2.95. The lowest BCUT2D eigenvalue weighted by molar-refractivity contribution is -0.202. The molecule has 0 bridgehead atoms. The molecule has 8 heteroatoms. The molecule has 3 aliphatic rings. The molecule has 224 valence electrons. The van der Waals surface area contributed by atoms with Gasteiger partial charge < -0.3 is 25.5 Å². The Kier molecular flexibility index (Phi) is 6.76. The predicted octanol–water partition coefficient (Wildman–Crippen LogP) is 5.35. The van der Waals surface area contributed by atoms with E-state index in [9.17, 15) is 39.9 Å². The zero-order valence-electron chi connectivity index (χ0n) is 25.0. The number of fused-ring (bicyclic) bond motifs is 3. The molecular weight excluding hydrogens is 548 g/mol. The van der Waals surface area contributed by atoms with Gasteiger partial charge in [0.25, 0.3) is 0 Å². The molecule has 5 rings (SSSR count). The lowest BCUT2D eigenvalue weighted by Crippen LogP contribution is -2.73. The van der Waals surface area contributed by atoms with Gasteiger partial charge in [0.05, 0.1) is 22.7 Å². The monoisotopic (exact) mass is 584 g/mol. The summed E-state index contributed by atoms with van der Waals surface area (Å²) in [6.07, 6.45) is -0.0365. The molecule has 5 N–H and O–H groups in total. The molecule has 0 saturated carbocycles. The summed E-state index contributed by atoms with van der Waals surface area (Å²) in [6, 6.07) is 11.9. The highest BCUT2D eigenvalue weighted by Gasteiger charge is 2.75. The SMILES string of the molecule is C=C(C)c1cccc(/C=C2\c3cccc(O)c3C(=O)C3=C(O)[C@@]4(O)C(=O)C(C(C)=O)=C(O)C(C(C)C)[C@@]4(C)[C@H](O)[C@]32C)c1. The van der Waals surface area contributed by atoms with Crippen LogP contribution in [0.2, 0.25) is 0 Å². The van der Waals surface area contributed by atoms with Gasteiger partial charge in [0.1, 0.15) is 22.8 Å². The molecule has 0 aromatic heterocycles. The van der Waals surface area contributed by atoms with Gasteiger partial charge in [0.15, 0.2) is 17.2 Å². The van der Waals surface area contributed by atoms with E-state index < -0.39 is 80.1 Å². The molecule has 43 heavy (non-hydrogen) atoms. The first-order chi connectivity index (χ1) is 20.0.